The van der Waals surface area contributed by atoms with Gasteiger partial charge >= 0.3 is 0 Å². The lowest BCUT2D eigenvalue weighted by atomic mass is 10.1. The molecule has 2 atom stereocenters. The molecule has 1 aliphatic heterocycles. The van der Waals surface area contributed by atoms with E-state index in [1.54, 1.807) is 0 Å². The van der Waals surface area contributed by atoms with Crippen molar-refractivity contribution in [3.05, 3.63) is 21.6 Å². The summed E-state index contributed by atoms with van der Waals surface area (Å²) in [5.74, 6) is 0.269. The molecule has 0 radical (unpaired) electrons. The van der Waals surface area contributed by atoms with Gasteiger partial charge in [0.15, 0.2) is 0 Å². The van der Waals surface area contributed by atoms with Gasteiger partial charge in [-0.3, -0.25) is 0 Å². The fourth-order valence-corrected chi connectivity index (χ4v) is 5.50. The number of nitrogens with zero attached hydrogens (tertiary/aromatic N) is 2. The molecule has 0 amide bonds. The molecule has 2 rings (SSSR count). The number of rotatable bonds is 3. The van der Waals surface area contributed by atoms with Crippen LogP contribution in [0.2, 0.25) is 5.02 Å². The molecule has 1 aromatic carbocycles. The standard InChI is InChI=1S/C13H19BrClN3O2S/c1-8-6-18(7-11(8)17(2)3)21(19,20)12-5-9(15)4-10(16)13(12)14/h4-5,8,11H,6-7,16H2,1-3H3. The molecule has 118 valence electrons. The highest BCUT2D eigenvalue weighted by Crippen LogP contribution is 2.35. The summed E-state index contributed by atoms with van der Waals surface area (Å²) in [6, 6.07) is 3.17. The van der Waals surface area contributed by atoms with Crippen molar-refractivity contribution in [2.45, 2.75) is 17.9 Å². The molecular formula is C13H19BrClN3O2S. The van der Waals surface area contributed by atoms with Gasteiger partial charge in [-0.15, -0.1) is 0 Å². The second kappa shape index (κ2) is 6.04. The SMILES string of the molecule is CC1CN(S(=O)(=O)c2cc(Cl)cc(N)c2Br)CC1N(C)C. The van der Waals surface area contributed by atoms with Gasteiger partial charge in [0.05, 0.1) is 9.37 Å². The van der Waals surface area contributed by atoms with Crippen LogP contribution in [0.4, 0.5) is 5.69 Å². The van der Waals surface area contributed by atoms with Crippen LogP contribution >= 0.6 is 27.5 Å². The molecule has 2 unspecified atom stereocenters. The van der Waals surface area contributed by atoms with Gasteiger partial charge in [0.2, 0.25) is 10.0 Å². The predicted octanol–water partition coefficient (Wildman–Crippen LogP) is 2.26. The zero-order chi connectivity index (χ0) is 15.9. The summed E-state index contributed by atoms with van der Waals surface area (Å²) in [6.07, 6.45) is 0. The van der Waals surface area contributed by atoms with Crippen LogP contribution in [0.3, 0.4) is 0 Å². The molecular weight excluding hydrogens is 378 g/mol. The first kappa shape index (κ1) is 17.0. The molecule has 1 aromatic rings. The van der Waals surface area contributed by atoms with Crippen LogP contribution in [-0.4, -0.2) is 50.8 Å². The zero-order valence-corrected chi connectivity index (χ0v) is 15.3. The van der Waals surface area contributed by atoms with Crippen LogP contribution in [0, 0.1) is 5.92 Å². The molecule has 0 spiro atoms. The van der Waals surface area contributed by atoms with E-state index >= 15 is 0 Å². The largest absolute Gasteiger partial charge is 0.398 e. The van der Waals surface area contributed by atoms with Crippen molar-refractivity contribution in [2.75, 3.05) is 32.9 Å². The van der Waals surface area contributed by atoms with Crippen molar-refractivity contribution >= 4 is 43.2 Å². The Morgan fingerprint density at radius 3 is 2.52 bits per heavy atom. The van der Waals surface area contributed by atoms with E-state index in [1.807, 2.05) is 14.1 Å². The Hall–Kier alpha value is -0.340. The third kappa shape index (κ3) is 3.22. The maximum atomic E-state index is 12.8. The highest BCUT2D eigenvalue weighted by atomic mass is 79.9. The third-order valence-corrected chi connectivity index (χ3v) is 7.07. The highest BCUT2D eigenvalue weighted by Gasteiger charge is 2.39. The first-order chi connectivity index (χ1) is 9.64. The maximum absolute atomic E-state index is 12.8. The van der Waals surface area contributed by atoms with E-state index in [-0.39, 0.29) is 16.9 Å². The minimum absolute atomic E-state index is 0.124. The maximum Gasteiger partial charge on any atom is 0.244 e. The van der Waals surface area contributed by atoms with E-state index in [2.05, 4.69) is 27.8 Å². The average Bonchev–Trinajstić information content (AvgIpc) is 2.76. The van der Waals surface area contributed by atoms with Gasteiger partial charge in [-0.2, -0.15) is 4.31 Å². The summed E-state index contributed by atoms with van der Waals surface area (Å²) in [4.78, 5) is 2.18. The predicted molar refractivity (Wildman–Crippen MR) is 89.0 cm³/mol. The number of sulfonamides is 1. The second-order valence-electron chi connectivity index (χ2n) is 5.64. The Kier molecular flexibility index (Phi) is 4.90. The molecule has 1 saturated heterocycles. The topological polar surface area (TPSA) is 66.6 Å². The second-order valence-corrected chi connectivity index (χ2v) is 8.77. The van der Waals surface area contributed by atoms with Gasteiger partial charge in [0, 0.05) is 29.8 Å². The highest BCUT2D eigenvalue weighted by molar-refractivity contribution is 9.10. The van der Waals surface area contributed by atoms with Crippen LogP contribution in [0.1, 0.15) is 6.92 Å². The van der Waals surface area contributed by atoms with Crippen LogP contribution in [-0.2, 0) is 10.0 Å². The van der Waals surface area contributed by atoms with Gasteiger partial charge in [-0.25, -0.2) is 8.42 Å². The van der Waals surface area contributed by atoms with Crippen LogP contribution in [0.25, 0.3) is 0 Å². The number of nitrogens with two attached hydrogens (primary N) is 1. The molecule has 0 aliphatic carbocycles. The van der Waals surface area contributed by atoms with Gasteiger partial charge in [0.1, 0.15) is 0 Å². The molecule has 21 heavy (non-hydrogen) atoms. The number of likely N-dealkylation sites (N-methyl/N-ethyl adjacent to an activating group) is 1. The molecule has 0 aromatic heterocycles. The molecule has 0 saturated carbocycles. The molecule has 1 aliphatic rings. The number of halogens is 2. The van der Waals surface area contributed by atoms with Crippen LogP contribution < -0.4 is 5.73 Å². The average molecular weight is 397 g/mol. The normalized spacial score (nSPS) is 23.9. The molecule has 1 fully saturated rings. The van der Waals surface area contributed by atoms with Gasteiger partial charge in [-0.1, -0.05) is 18.5 Å². The van der Waals surface area contributed by atoms with Gasteiger partial charge < -0.3 is 10.6 Å². The van der Waals surface area contributed by atoms with E-state index in [1.165, 1.54) is 16.4 Å². The summed E-state index contributed by atoms with van der Waals surface area (Å²) in [7, 11) is 0.307. The first-order valence-electron chi connectivity index (χ1n) is 6.55. The summed E-state index contributed by atoms with van der Waals surface area (Å²) in [5.41, 5.74) is 6.11. The number of nitrogen functional groups attached to an aromatic ring is 1. The quantitative estimate of drug-likeness (QED) is 0.796. The number of anilines is 1. The smallest absolute Gasteiger partial charge is 0.244 e. The Bertz CT molecular complexity index is 651. The van der Waals surface area contributed by atoms with Crippen molar-refractivity contribution in [1.29, 1.82) is 0 Å². The Balaban J connectivity index is 2.41. The van der Waals surface area contributed by atoms with Gasteiger partial charge in [-0.05, 0) is 48.1 Å². The Morgan fingerprint density at radius 1 is 1.38 bits per heavy atom. The van der Waals surface area contributed by atoms with Crippen molar-refractivity contribution in [2.24, 2.45) is 5.92 Å². The molecule has 8 heteroatoms. The minimum Gasteiger partial charge on any atom is -0.398 e. The fourth-order valence-electron chi connectivity index (χ4n) is 2.69. The lowest BCUT2D eigenvalue weighted by molar-refractivity contribution is 0.263. The lowest BCUT2D eigenvalue weighted by Crippen LogP contribution is -2.35. The van der Waals surface area contributed by atoms with Crippen LogP contribution in [0.15, 0.2) is 21.5 Å². The zero-order valence-electron chi connectivity index (χ0n) is 12.2. The Labute approximate surface area is 139 Å². The van der Waals surface area contributed by atoms with Crippen molar-refractivity contribution in [3.63, 3.8) is 0 Å². The fraction of sp³-hybridized carbons (Fsp3) is 0.538. The van der Waals surface area contributed by atoms with E-state index in [0.29, 0.717) is 28.3 Å². The summed E-state index contributed by atoms with van der Waals surface area (Å²) < 4.78 is 27.5. The number of benzene rings is 1. The summed E-state index contributed by atoms with van der Waals surface area (Å²) in [5, 5.41) is 0.311. The first-order valence-corrected chi connectivity index (χ1v) is 9.16. The minimum atomic E-state index is -3.62. The molecule has 0 bridgehead atoms. The number of hydrogen-bond donors (Lipinski definition) is 1. The monoisotopic (exact) mass is 395 g/mol. The molecule has 5 nitrogen and oxygen atoms in total. The summed E-state index contributed by atoms with van der Waals surface area (Å²) in [6.45, 7) is 3.01. The molecule has 1 heterocycles. The van der Waals surface area contributed by atoms with E-state index in [0.717, 1.165) is 0 Å². The summed E-state index contributed by atoms with van der Waals surface area (Å²) >= 11 is 9.21. The lowest BCUT2D eigenvalue weighted by Gasteiger charge is -2.22. The molecule has 2 N–H and O–H groups in total. The van der Waals surface area contributed by atoms with Crippen molar-refractivity contribution < 1.29 is 8.42 Å². The van der Waals surface area contributed by atoms with E-state index in [9.17, 15) is 8.42 Å². The third-order valence-electron chi connectivity index (χ3n) is 3.85. The van der Waals surface area contributed by atoms with Crippen LogP contribution in [0.5, 0.6) is 0 Å². The van der Waals surface area contributed by atoms with Crippen molar-refractivity contribution in [3.8, 4) is 0 Å². The van der Waals surface area contributed by atoms with E-state index < -0.39 is 10.0 Å². The Morgan fingerprint density at radius 2 is 2.00 bits per heavy atom. The van der Waals surface area contributed by atoms with Gasteiger partial charge in [0.25, 0.3) is 0 Å². The van der Waals surface area contributed by atoms with E-state index in [4.69, 9.17) is 17.3 Å². The number of hydrogen-bond acceptors (Lipinski definition) is 4. The van der Waals surface area contributed by atoms with Crippen molar-refractivity contribution in [1.82, 2.24) is 9.21 Å².